The SMILES string of the molecule is CC(=O)c1ccc(-c2ccc3c(c2)OCCCO3)cc1. The second-order valence-corrected chi connectivity index (χ2v) is 4.85. The molecule has 0 fully saturated rings. The molecule has 2 aromatic carbocycles. The topological polar surface area (TPSA) is 35.5 Å². The van der Waals surface area contributed by atoms with Gasteiger partial charge in [-0.15, -0.1) is 0 Å². The van der Waals surface area contributed by atoms with Gasteiger partial charge in [-0.1, -0.05) is 30.3 Å². The Bertz CT molecular complexity index is 629. The van der Waals surface area contributed by atoms with E-state index < -0.39 is 0 Å². The molecule has 1 heterocycles. The van der Waals surface area contributed by atoms with Crippen molar-refractivity contribution in [3.8, 4) is 22.6 Å². The van der Waals surface area contributed by atoms with E-state index >= 15 is 0 Å². The van der Waals surface area contributed by atoms with Gasteiger partial charge in [-0.05, 0) is 30.2 Å². The lowest BCUT2D eigenvalue weighted by Crippen LogP contribution is -1.97. The Morgan fingerprint density at radius 1 is 0.900 bits per heavy atom. The number of ether oxygens (including phenoxy) is 2. The lowest BCUT2D eigenvalue weighted by Gasteiger charge is -2.09. The average Bonchev–Trinajstić information content (AvgIpc) is 2.71. The molecule has 1 aliphatic rings. The molecular formula is C17H16O3. The summed E-state index contributed by atoms with van der Waals surface area (Å²) in [5, 5.41) is 0. The van der Waals surface area contributed by atoms with Gasteiger partial charge in [-0.25, -0.2) is 0 Å². The third-order valence-electron chi connectivity index (χ3n) is 3.37. The number of hydrogen-bond donors (Lipinski definition) is 0. The highest BCUT2D eigenvalue weighted by Crippen LogP contribution is 2.34. The summed E-state index contributed by atoms with van der Waals surface area (Å²) < 4.78 is 11.3. The van der Waals surface area contributed by atoms with Gasteiger partial charge in [-0.2, -0.15) is 0 Å². The lowest BCUT2D eigenvalue weighted by atomic mass is 10.0. The molecule has 0 atom stereocenters. The van der Waals surface area contributed by atoms with Crippen molar-refractivity contribution in [1.82, 2.24) is 0 Å². The van der Waals surface area contributed by atoms with Crippen molar-refractivity contribution in [3.05, 3.63) is 48.0 Å². The van der Waals surface area contributed by atoms with Gasteiger partial charge in [0.2, 0.25) is 0 Å². The molecule has 0 saturated carbocycles. The van der Waals surface area contributed by atoms with E-state index in [9.17, 15) is 4.79 Å². The van der Waals surface area contributed by atoms with Gasteiger partial charge in [-0.3, -0.25) is 4.79 Å². The van der Waals surface area contributed by atoms with Gasteiger partial charge >= 0.3 is 0 Å². The fraction of sp³-hybridized carbons (Fsp3) is 0.235. The molecule has 1 aliphatic heterocycles. The van der Waals surface area contributed by atoms with Crippen LogP contribution in [0.5, 0.6) is 11.5 Å². The van der Waals surface area contributed by atoms with Crippen LogP contribution in [0.3, 0.4) is 0 Å². The number of benzene rings is 2. The minimum Gasteiger partial charge on any atom is -0.490 e. The normalized spacial score (nSPS) is 13.7. The third-order valence-corrected chi connectivity index (χ3v) is 3.37. The highest BCUT2D eigenvalue weighted by Gasteiger charge is 2.11. The zero-order valence-electron chi connectivity index (χ0n) is 11.4. The lowest BCUT2D eigenvalue weighted by molar-refractivity contribution is 0.101. The van der Waals surface area contributed by atoms with Crippen molar-refractivity contribution < 1.29 is 14.3 Å². The van der Waals surface area contributed by atoms with Crippen molar-refractivity contribution in [2.24, 2.45) is 0 Å². The Kier molecular flexibility index (Phi) is 3.42. The highest BCUT2D eigenvalue weighted by molar-refractivity contribution is 5.94. The number of rotatable bonds is 2. The first-order chi connectivity index (χ1) is 9.74. The first-order valence-corrected chi connectivity index (χ1v) is 6.75. The Labute approximate surface area is 118 Å². The molecule has 3 rings (SSSR count). The Morgan fingerprint density at radius 3 is 2.25 bits per heavy atom. The predicted molar refractivity (Wildman–Crippen MR) is 77.5 cm³/mol. The maximum atomic E-state index is 11.3. The van der Waals surface area contributed by atoms with Crippen molar-refractivity contribution in [2.45, 2.75) is 13.3 Å². The number of Topliss-reactive ketones (excluding diaryl/α,β-unsaturated/α-hetero) is 1. The van der Waals surface area contributed by atoms with Crippen molar-refractivity contribution in [2.75, 3.05) is 13.2 Å². The molecule has 3 heteroatoms. The van der Waals surface area contributed by atoms with Gasteiger partial charge < -0.3 is 9.47 Å². The highest BCUT2D eigenvalue weighted by atomic mass is 16.5. The molecule has 0 spiro atoms. The van der Waals surface area contributed by atoms with E-state index in [1.54, 1.807) is 6.92 Å². The average molecular weight is 268 g/mol. The van der Waals surface area contributed by atoms with Crippen molar-refractivity contribution in [3.63, 3.8) is 0 Å². The summed E-state index contributed by atoms with van der Waals surface area (Å²) in [6, 6.07) is 13.5. The van der Waals surface area contributed by atoms with Crippen LogP contribution < -0.4 is 9.47 Å². The molecule has 0 radical (unpaired) electrons. The van der Waals surface area contributed by atoms with Crippen LogP contribution in [0.2, 0.25) is 0 Å². The molecule has 0 unspecified atom stereocenters. The van der Waals surface area contributed by atoms with E-state index in [0.717, 1.165) is 34.6 Å². The molecule has 0 saturated heterocycles. The number of hydrogen-bond acceptors (Lipinski definition) is 3. The van der Waals surface area contributed by atoms with Gasteiger partial charge in [0.05, 0.1) is 13.2 Å². The Balaban J connectivity index is 1.94. The molecule has 2 aromatic rings. The summed E-state index contributed by atoms with van der Waals surface area (Å²) in [6.45, 7) is 2.95. The first-order valence-electron chi connectivity index (χ1n) is 6.75. The maximum absolute atomic E-state index is 11.3. The fourth-order valence-corrected chi connectivity index (χ4v) is 2.24. The summed E-state index contributed by atoms with van der Waals surface area (Å²) in [5.41, 5.74) is 2.85. The molecule has 0 N–H and O–H groups in total. The Hall–Kier alpha value is -2.29. The van der Waals surface area contributed by atoms with E-state index in [2.05, 4.69) is 0 Å². The molecule has 0 aromatic heterocycles. The van der Waals surface area contributed by atoms with Crippen LogP contribution in [-0.4, -0.2) is 19.0 Å². The molecule has 0 amide bonds. The smallest absolute Gasteiger partial charge is 0.161 e. The summed E-state index contributed by atoms with van der Waals surface area (Å²) in [7, 11) is 0. The van der Waals surface area contributed by atoms with Crippen molar-refractivity contribution >= 4 is 5.78 Å². The van der Waals surface area contributed by atoms with E-state index in [-0.39, 0.29) is 5.78 Å². The van der Waals surface area contributed by atoms with E-state index in [1.807, 2.05) is 42.5 Å². The van der Waals surface area contributed by atoms with Gasteiger partial charge in [0.15, 0.2) is 17.3 Å². The predicted octanol–water partition coefficient (Wildman–Crippen LogP) is 3.72. The van der Waals surface area contributed by atoms with Gasteiger partial charge in [0, 0.05) is 12.0 Å². The van der Waals surface area contributed by atoms with Gasteiger partial charge in [0.1, 0.15) is 0 Å². The van der Waals surface area contributed by atoms with E-state index in [1.165, 1.54) is 0 Å². The molecule has 102 valence electrons. The molecule has 0 bridgehead atoms. The molecule has 0 aliphatic carbocycles. The minimum atomic E-state index is 0.0789. The van der Waals surface area contributed by atoms with E-state index in [4.69, 9.17) is 9.47 Å². The van der Waals surface area contributed by atoms with Crippen molar-refractivity contribution in [1.29, 1.82) is 0 Å². The first kappa shape index (κ1) is 12.7. The summed E-state index contributed by atoms with van der Waals surface area (Å²) in [4.78, 5) is 11.3. The van der Waals surface area contributed by atoms with Crippen LogP contribution in [0.4, 0.5) is 0 Å². The number of fused-ring (bicyclic) bond motifs is 1. The number of carbonyl (C=O) groups is 1. The number of ketones is 1. The Morgan fingerprint density at radius 2 is 1.55 bits per heavy atom. The monoisotopic (exact) mass is 268 g/mol. The minimum absolute atomic E-state index is 0.0789. The summed E-state index contributed by atoms with van der Waals surface area (Å²) in [5.74, 6) is 1.66. The second-order valence-electron chi connectivity index (χ2n) is 4.85. The van der Waals surface area contributed by atoms with Crippen LogP contribution >= 0.6 is 0 Å². The fourth-order valence-electron chi connectivity index (χ4n) is 2.24. The zero-order chi connectivity index (χ0) is 13.9. The molecular weight excluding hydrogens is 252 g/mol. The zero-order valence-corrected chi connectivity index (χ0v) is 11.4. The van der Waals surface area contributed by atoms with Crippen LogP contribution in [0, 0.1) is 0 Å². The molecule has 20 heavy (non-hydrogen) atoms. The van der Waals surface area contributed by atoms with Gasteiger partial charge in [0.25, 0.3) is 0 Å². The van der Waals surface area contributed by atoms with E-state index in [0.29, 0.717) is 13.2 Å². The maximum Gasteiger partial charge on any atom is 0.161 e. The third kappa shape index (κ3) is 2.52. The van der Waals surface area contributed by atoms with Crippen LogP contribution in [0.25, 0.3) is 11.1 Å². The summed E-state index contributed by atoms with van der Waals surface area (Å²) in [6.07, 6.45) is 0.900. The second kappa shape index (κ2) is 5.37. The van der Waals surface area contributed by atoms with Crippen LogP contribution in [-0.2, 0) is 0 Å². The van der Waals surface area contributed by atoms with Crippen LogP contribution in [0.15, 0.2) is 42.5 Å². The molecule has 3 nitrogen and oxygen atoms in total. The largest absolute Gasteiger partial charge is 0.490 e. The standard InChI is InChI=1S/C17H16O3/c1-12(18)13-3-5-14(6-4-13)15-7-8-16-17(11-15)20-10-2-9-19-16/h3-8,11H,2,9-10H2,1H3. The summed E-state index contributed by atoms with van der Waals surface area (Å²) >= 11 is 0. The quantitative estimate of drug-likeness (QED) is 0.779. The number of carbonyl (C=O) groups excluding carboxylic acids is 1. The van der Waals surface area contributed by atoms with Crippen LogP contribution in [0.1, 0.15) is 23.7 Å².